The van der Waals surface area contributed by atoms with E-state index in [0.717, 1.165) is 27.0 Å². The Morgan fingerprint density at radius 2 is 2.05 bits per heavy atom. The van der Waals surface area contributed by atoms with Gasteiger partial charge in [0.15, 0.2) is 0 Å². The smallest absolute Gasteiger partial charge is 0.256 e. The van der Waals surface area contributed by atoms with Crippen LogP contribution in [0.1, 0.15) is 15.9 Å². The summed E-state index contributed by atoms with van der Waals surface area (Å²) in [6.45, 7) is 0.614. The minimum absolute atomic E-state index is 0.164. The summed E-state index contributed by atoms with van der Waals surface area (Å²) in [6, 6.07) is 13.1. The van der Waals surface area contributed by atoms with Gasteiger partial charge in [0.05, 0.1) is 12.2 Å². The molecule has 0 spiro atoms. The highest BCUT2D eigenvalue weighted by Crippen LogP contribution is 2.23. The highest BCUT2D eigenvalue weighted by Gasteiger charge is 2.12. The molecule has 0 fully saturated rings. The molecule has 0 radical (unpaired) electrons. The van der Waals surface area contributed by atoms with Crippen molar-refractivity contribution in [3.05, 3.63) is 58.1 Å². The van der Waals surface area contributed by atoms with Crippen molar-refractivity contribution in [3.8, 4) is 0 Å². The van der Waals surface area contributed by atoms with Gasteiger partial charge in [-0.2, -0.15) is 0 Å². The first-order chi connectivity index (χ1) is 10.1. The highest BCUT2D eigenvalue weighted by atomic mass is 79.9. The van der Waals surface area contributed by atoms with E-state index in [2.05, 4.69) is 33.9 Å². The van der Waals surface area contributed by atoms with E-state index in [-0.39, 0.29) is 5.91 Å². The van der Waals surface area contributed by atoms with Crippen LogP contribution in [-0.2, 0) is 11.2 Å². The molecule has 0 saturated heterocycles. The van der Waals surface area contributed by atoms with E-state index >= 15 is 0 Å². The number of halogens is 1. The molecule has 1 amide bonds. The van der Waals surface area contributed by atoms with Gasteiger partial charge in [-0.25, -0.2) is 0 Å². The Hall–Kier alpha value is -1.30. The van der Waals surface area contributed by atoms with Gasteiger partial charge in [0, 0.05) is 22.2 Å². The largest absolute Gasteiger partial charge is 0.384 e. The summed E-state index contributed by atoms with van der Waals surface area (Å²) in [5.74, 6) is -0.164. The van der Waals surface area contributed by atoms with Crippen LogP contribution >= 0.6 is 28.6 Å². The van der Waals surface area contributed by atoms with Crippen LogP contribution in [0.5, 0.6) is 0 Å². The molecule has 0 aliphatic rings. The first-order valence-corrected chi connectivity index (χ1v) is 7.72. The number of rotatable bonds is 5. The fraction of sp³-hybridized carbons (Fsp3) is 0.188. The van der Waals surface area contributed by atoms with Crippen LogP contribution in [0.2, 0.25) is 0 Å². The summed E-state index contributed by atoms with van der Waals surface area (Å²) < 4.78 is 5.84. The Labute approximate surface area is 138 Å². The molecule has 0 aromatic heterocycles. The summed E-state index contributed by atoms with van der Waals surface area (Å²) in [7, 11) is 1.66. The molecular weight excluding hydrogens is 350 g/mol. The monoisotopic (exact) mass is 365 g/mol. The van der Waals surface area contributed by atoms with Crippen LogP contribution in [0.4, 0.5) is 5.69 Å². The maximum atomic E-state index is 12.4. The molecule has 5 heteroatoms. The number of para-hydroxylation sites is 1. The lowest BCUT2D eigenvalue weighted by atomic mass is 10.1. The van der Waals surface area contributed by atoms with E-state index in [4.69, 9.17) is 4.74 Å². The standard InChI is InChI=1S/C16H16BrNO2S/c1-20-9-8-11-4-2-3-5-15(11)18-16(19)13-10-12(21)6-7-14(13)17/h2-7,10,21H,8-9H2,1H3,(H,18,19). The Bertz CT molecular complexity index is 646. The van der Waals surface area contributed by atoms with Crippen molar-refractivity contribution in [3.63, 3.8) is 0 Å². The molecule has 2 aromatic rings. The first kappa shape index (κ1) is 16.1. The van der Waals surface area contributed by atoms with Crippen LogP contribution in [0.15, 0.2) is 51.8 Å². The zero-order valence-electron chi connectivity index (χ0n) is 11.6. The number of amides is 1. The van der Waals surface area contributed by atoms with Crippen LogP contribution in [-0.4, -0.2) is 19.6 Å². The van der Waals surface area contributed by atoms with Crippen LogP contribution in [0.25, 0.3) is 0 Å². The van der Waals surface area contributed by atoms with Crippen LogP contribution < -0.4 is 5.32 Å². The third-order valence-electron chi connectivity index (χ3n) is 3.04. The second-order valence-corrected chi connectivity index (χ2v) is 5.89. The van der Waals surface area contributed by atoms with Gasteiger partial charge in [0.1, 0.15) is 0 Å². The number of carbonyl (C=O) groups excluding carboxylic acids is 1. The van der Waals surface area contributed by atoms with Crippen molar-refractivity contribution in [2.75, 3.05) is 19.0 Å². The minimum Gasteiger partial charge on any atom is -0.384 e. The lowest BCUT2D eigenvalue weighted by Gasteiger charge is -2.12. The molecule has 0 heterocycles. The van der Waals surface area contributed by atoms with Crippen molar-refractivity contribution >= 4 is 40.2 Å². The number of carbonyl (C=O) groups is 1. The number of benzene rings is 2. The van der Waals surface area contributed by atoms with E-state index in [0.29, 0.717) is 12.2 Å². The number of hydrogen-bond acceptors (Lipinski definition) is 3. The fourth-order valence-corrected chi connectivity index (χ4v) is 2.58. The summed E-state index contributed by atoms with van der Waals surface area (Å²) in [6.07, 6.45) is 0.751. The van der Waals surface area contributed by atoms with Crippen molar-refractivity contribution < 1.29 is 9.53 Å². The number of anilines is 1. The molecule has 3 nitrogen and oxygen atoms in total. The van der Waals surface area contributed by atoms with Gasteiger partial charge >= 0.3 is 0 Å². The number of hydrogen-bond donors (Lipinski definition) is 2. The topological polar surface area (TPSA) is 38.3 Å². The lowest BCUT2D eigenvalue weighted by Crippen LogP contribution is -2.14. The van der Waals surface area contributed by atoms with Crippen LogP contribution in [0, 0.1) is 0 Å². The van der Waals surface area contributed by atoms with Crippen molar-refractivity contribution in [1.82, 2.24) is 0 Å². The SMILES string of the molecule is COCCc1ccccc1NC(=O)c1cc(S)ccc1Br. The van der Waals surface area contributed by atoms with E-state index in [1.807, 2.05) is 36.4 Å². The van der Waals surface area contributed by atoms with E-state index in [1.54, 1.807) is 13.2 Å². The molecule has 2 rings (SSSR count). The number of nitrogens with one attached hydrogen (secondary N) is 1. The average molecular weight is 366 g/mol. The summed E-state index contributed by atoms with van der Waals surface area (Å²) >= 11 is 7.66. The predicted octanol–water partition coefficient (Wildman–Crippen LogP) is 4.18. The number of thiol groups is 1. The van der Waals surface area contributed by atoms with Gasteiger partial charge < -0.3 is 10.1 Å². The zero-order chi connectivity index (χ0) is 15.2. The first-order valence-electron chi connectivity index (χ1n) is 6.48. The van der Waals surface area contributed by atoms with E-state index in [1.165, 1.54) is 0 Å². The Balaban J connectivity index is 2.21. The molecule has 0 aliphatic carbocycles. The van der Waals surface area contributed by atoms with Gasteiger partial charge in [-0.15, -0.1) is 12.6 Å². The van der Waals surface area contributed by atoms with E-state index in [9.17, 15) is 4.79 Å². The quantitative estimate of drug-likeness (QED) is 0.780. The molecular formula is C16H16BrNO2S. The summed E-state index contributed by atoms with van der Waals surface area (Å²) in [5.41, 5.74) is 2.41. The van der Waals surface area contributed by atoms with Gasteiger partial charge in [0.25, 0.3) is 5.91 Å². The zero-order valence-corrected chi connectivity index (χ0v) is 14.1. The van der Waals surface area contributed by atoms with Gasteiger partial charge in [-0.3, -0.25) is 4.79 Å². The van der Waals surface area contributed by atoms with Crippen molar-refractivity contribution in [1.29, 1.82) is 0 Å². The lowest BCUT2D eigenvalue weighted by molar-refractivity contribution is 0.102. The molecule has 1 N–H and O–H groups in total. The third kappa shape index (κ3) is 4.33. The molecule has 110 valence electrons. The molecule has 0 atom stereocenters. The van der Waals surface area contributed by atoms with Gasteiger partial charge in [0.2, 0.25) is 0 Å². The number of ether oxygens (including phenoxy) is 1. The average Bonchev–Trinajstić information content (AvgIpc) is 2.48. The minimum atomic E-state index is -0.164. The Morgan fingerprint density at radius 1 is 1.29 bits per heavy atom. The van der Waals surface area contributed by atoms with Crippen molar-refractivity contribution in [2.45, 2.75) is 11.3 Å². The van der Waals surface area contributed by atoms with Crippen molar-refractivity contribution in [2.24, 2.45) is 0 Å². The Morgan fingerprint density at radius 3 is 2.81 bits per heavy atom. The van der Waals surface area contributed by atoms with Gasteiger partial charge in [-0.05, 0) is 52.2 Å². The summed E-state index contributed by atoms with van der Waals surface area (Å²) in [5, 5.41) is 2.95. The van der Waals surface area contributed by atoms with Crippen LogP contribution in [0.3, 0.4) is 0 Å². The Kier molecular flexibility index (Phi) is 5.85. The maximum Gasteiger partial charge on any atom is 0.256 e. The second-order valence-electron chi connectivity index (χ2n) is 4.52. The normalized spacial score (nSPS) is 10.4. The molecule has 0 bridgehead atoms. The molecule has 0 aliphatic heterocycles. The molecule has 0 unspecified atom stereocenters. The maximum absolute atomic E-state index is 12.4. The molecule has 21 heavy (non-hydrogen) atoms. The third-order valence-corrected chi connectivity index (χ3v) is 4.01. The number of methoxy groups -OCH3 is 1. The fourth-order valence-electron chi connectivity index (χ4n) is 1.95. The molecule has 2 aromatic carbocycles. The predicted molar refractivity (Wildman–Crippen MR) is 91.4 cm³/mol. The second kappa shape index (κ2) is 7.64. The van der Waals surface area contributed by atoms with E-state index < -0.39 is 0 Å². The molecule has 0 saturated carbocycles. The summed E-state index contributed by atoms with van der Waals surface area (Å²) in [4.78, 5) is 13.2. The highest BCUT2D eigenvalue weighted by molar-refractivity contribution is 9.10. The van der Waals surface area contributed by atoms with Gasteiger partial charge in [-0.1, -0.05) is 18.2 Å².